The van der Waals surface area contributed by atoms with Crippen LogP contribution in [0.1, 0.15) is 38.8 Å². The molecule has 0 bridgehead atoms. The molecule has 1 fully saturated rings. The molecule has 0 spiro atoms. The van der Waals surface area contributed by atoms with E-state index in [4.69, 9.17) is 15.5 Å². The van der Waals surface area contributed by atoms with E-state index in [1.165, 1.54) is 0 Å². The number of fused-ring (bicyclic) bond motifs is 1. The molecule has 0 radical (unpaired) electrons. The van der Waals surface area contributed by atoms with Gasteiger partial charge >= 0.3 is 0 Å². The first-order valence-corrected chi connectivity index (χ1v) is 10.8. The maximum Gasteiger partial charge on any atom is 0.277 e. The zero-order chi connectivity index (χ0) is 22.0. The first-order valence-electron chi connectivity index (χ1n) is 10.8. The highest BCUT2D eigenvalue weighted by Crippen LogP contribution is 2.32. The molecule has 0 aliphatic carbocycles. The van der Waals surface area contributed by atoms with Crippen LogP contribution in [0, 0.1) is 0 Å². The van der Waals surface area contributed by atoms with E-state index in [0.717, 1.165) is 38.0 Å². The van der Waals surface area contributed by atoms with Gasteiger partial charge in [0.1, 0.15) is 17.1 Å². The highest BCUT2D eigenvalue weighted by atomic mass is 16.5. The van der Waals surface area contributed by atoms with Crippen LogP contribution in [0.15, 0.2) is 28.0 Å². The monoisotopic (exact) mass is 423 g/mol. The smallest absolute Gasteiger partial charge is 0.277 e. The van der Waals surface area contributed by atoms with Gasteiger partial charge in [0.05, 0.1) is 23.6 Å². The Hall–Kier alpha value is -3.36. The highest BCUT2D eigenvalue weighted by molar-refractivity contribution is 5.83. The Kier molecular flexibility index (Phi) is 5.92. The molecular formula is C22H29N7O2. The highest BCUT2D eigenvalue weighted by Gasteiger charge is 2.18. The lowest BCUT2D eigenvalue weighted by atomic mass is 10.1. The van der Waals surface area contributed by atoms with E-state index < -0.39 is 0 Å². The summed E-state index contributed by atoms with van der Waals surface area (Å²) in [6.07, 6.45) is 3.80. The van der Waals surface area contributed by atoms with E-state index in [2.05, 4.69) is 20.0 Å². The molecule has 1 aromatic carbocycles. The van der Waals surface area contributed by atoms with Gasteiger partial charge in [-0.15, -0.1) is 0 Å². The number of aliphatic imine (C=N–C) groups is 1. The van der Waals surface area contributed by atoms with Gasteiger partial charge in [0.15, 0.2) is 11.5 Å². The predicted octanol–water partition coefficient (Wildman–Crippen LogP) is 2.72. The summed E-state index contributed by atoms with van der Waals surface area (Å²) >= 11 is 0. The van der Waals surface area contributed by atoms with Crippen molar-refractivity contribution in [3.05, 3.63) is 34.2 Å². The zero-order valence-corrected chi connectivity index (χ0v) is 18.3. The Bertz CT molecular complexity index is 1170. The Balaban J connectivity index is 1.83. The number of aromatic amines is 1. The van der Waals surface area contributed by atoms with Crippen LogP contribution in [0.4, 0.5) is 5.69 Å². The van der Waals surface area contributed by atoms with Crippen molar-refractivity contribution in [2.75, 3.05) is 19.7 Å². The van der Waals surface area contributed by atoms with Crippen LogP contribution in [0.2, 0.25) is 0 Å². The van der Waals surface area contributed by atoms with Crippen molar-refractivity contribution in [3.8, 4) is 17.1 Å². The van der Waals surface area contributed by atoms with Gasteiger partial charge in [0.25, 0.3) is 5.56 Å². The molecule has 1 aliphatic rings. The molecule has 0 amide bonds. The van der Waals surface area contributed by atoms with Crippen LogP contribution in [0.25, 0.3) is 22.4 Å². The molecule has 0 unspecified atom stereocenters. The van der Waals surface area contributed by atoms with Gasteiger partial charge in [0, 0.05) is 20.1 Å². The summed E-state index contributed by atoms with van der Waals surface area (Å²) in [7, 11) is 1.75. The molecule has 164 valence electrons. The predicted molar refractivity (Wildman–Crippen MR) is 122 cm³/mol. The number of guanidine groups is 1. The molecule has 9 nitrogen and oxygen atoms in total. The van der Waals surface area contributed by atoms with E-state index in [-0.39, 0.29) is 5.56 Å². The van der Waals surface area contributed by atoms with Crippen LogP contribution in [0.5, 0.6) is 5.75 Å². The number of ether oxygens (including phenoxy) is 1. The minimum absolute atomic E-state index is 0.235. The number of benzene rings is 1. The second-order valence-electron chi connectivity index (χ2n) is 7.73. The molecule has 4 rings (SSSR count). The van der Waals surface area contributed by atoms with Crippen molar-refractivity contribution >= 4 is 22.7 Å². The van der Waals surface area contributed by atoms with Crippen molar-refractivity contribution in [1.29, 1.82) is 0 Å². The summed E-state index contributed by atoms with van der Waals surface area (Å²) in [6.45, 7) is 6.45. The Morgan fingerprint density at radius 2 is 2.06 bits per heavy atom. The zero-order valence-electron chi connectivity index (χ0n) is 18.3. The van der Waals surface area contributed by atoms with Crippen LogP contribution in [-0.4, -0.2) is 50.3 Å². The average molecular weight is 424 g/mol. The first-order chi connectivity index (χ1) is 15.0. The molecule has 3 N–H and O–H groups in total. The van der Waals surface area contributed by atoms with Gasteiger partial charge in [-0.3, -0.25) is 9.48 Å². The number of nitrogens with two attached hydrogens (primary N) is 1. The number of aryl methyl sites for hydroxylation is 2. The summed E-state index contributed by atoms with van der Waals surface area (Å²) in [5, 5.41) is 4.44. The molecule has 3 aromatic rings. The number of aromatic nitrogens is 4. The molecule has 9 heteroatoms. The molecule has 2 aromatic heterocycles. The van der Waals surface area contributed by atoms with E-state index in [1.54, 1.807) is 11.7 Å². The molecule has 0 saturated carbocycles. The number of rotatable bonds is 6. The summed E-state index contributed by atoms with van der Waals surface area (Å²) in [4.78, 5) is 27.2. The topological polar surface area (TPSA) is 114 Å². The summed E-state index contributed by atoms with van der Waals surface area (Å²) in [5.74, 6) is 1.58. The molecule has 31 heavy (non-hydrogen) atoms. The van der Waals surface area contributed by atoms with E-state index in [0.29, 0.717) is 52.8 Å². The van der Waals surface area contributed by atoms with Gasteiger partial charge in [-0.05, 0) is 43.9 Å². The molecule has 0 atom stereocenters. The number of likely N-dealkylation sites (tertiary alicyclic amines) is 1. The lowest BCUT2D eigenvalue weighted by molar-refractivity contribution is 0.318. The van der Waals surface area contributed by atoms with Gasteiger partial charge in [-0.2, -0.15) is 5.10 Å². The number of hydrogen-bond donors (Lipinski definition) is 2. The number of nitrogens with one attached hydrogen (secondary N) is 1. The SMILES string of the molecule is CCCOc1ccc(N=C(N)N2CCCC2)cc1-c1nc2c(CC)nn(C)c2c(=O)[nH]1. The van der Waals surface area contributed by atoms with Crippen molar-refractivity contribution in [2.24, 2.45) is 17.8 Å². The quantitative estimate of drug-likeness (QED) is 0.465. The number of H-pyrrole nitrogens is 1. The second kappa shape index (κ2) is 8.79. The average Bonchev–Trinajstić information content (AvgIpc) is 3.41. The van der Waals surface area contributed by atoms with Crippen molar-refractivity contribution in [2.45, 2.75) is 39.5 Å². The van der Waals surface area contributed by atoms with Gasteiger partial charge < -0.3 is 20.4 Å². The Labute approximate surface area is 180 Å². The van der Waals surface area contributed by atoms with E-state index in [9.17, 15) is 4.79 Å². The normalized spacial score (nSPS) is 14.5. The van der Waals surface area contributed by atoms with Gasteiger partial charge in [0.2, 0.25) is 0 Å². The van der Waals surface area contributed by atoms with E-state index in [1.807, 2.05) is 32.0 Å². The van der Waals surface area contributed by atoms with Crippen molar-refractivity contribution in [1.82, 2.24) is 24.6 Å². The maximum absolute atomic E-state index is 12.8. The second-order valence-corrected chi connectivity index (χ2v) is 7.73. The Morgan fingerprint density at radius 3 is 2.77 bits per heavy atom. The van der Waals surface area contributed by atoms with Crippen LogP contribution < -0.4 is 16.0 Å². The first kappa shape index (κ1) is 20.9. The summed E-state index contributed by atoms with van der Waals surface area (Å²) in [6, 6.07) is 5.59. The third-order valence-electron chi connectivity index (χ3n) is 5.45. The third-order valence-corrected chi connectivity index (χ3v) is 5.45. The third kappa shape index (κ3) is 4.12. The molecule has 1 aliphatic heterocycles. The minimum atomic E-state index is -0.235. The fraction of sp³-hybridized carbons (Fsp3) is 0.455. The van der Waals surface area contributed by atoms with Gasteiger partial charge in [-0.1, -0.05) is 13.8 Å². The standard InChI is InChI=1S/C22H29N7O2/c1-4-12-31-17-9-8-14(24-22(23)29-10-6-7-11-29)13-15(17)20-25-18-16(5-2)27-28(3)19(18)21(30)26-20/h8-9,13H,4-7,10-12H2,1-3H3,(H2,23,24)(H,25,26,30). The van der Waals surface area contributed by atoms with Crippen molar-refractivity contribution < 1.29 is 4.74 Å². The lowest BCUT2D eigenvalue weighted by Gasteiger charge is -2.16. The van der Waals surface area contributed by atoms with Gasteiger partial charge in [-0.25, -0.2) is 9.98 Å². The summed E-state index contributed by atoms with van der Waals surface area (Å²) in [5.41, 5.74) is 9.20. The molecule has 3 heterocycles. The molecular weight excluding hydrogens is 394 g/mol. The largest absolute Gasteiger partial charge is 0.493 e. The number of hydrogen-bond acceptors (Lipinski definition) is 5. The van der Waals surface area contributed by atoms with Crippen LogP contribution >= 0.6 is 0 Å². The minimum Gasteiger partial charge on any atom is -0.493 e. The van der Waals surface area contributed by atoms with Crippen LogP contribution in [-0.2, 0) is 13.5 Å². The number of nitrogens with zero attached hydrogens (tertiary/aromatic N) is 5. The van der Waals surface area contributed by atoms with Crippen molar-refractivity contribution in [3.63, 3.8) is 0 Å². The molecule has 1 saturated heterocycles. The Morgan fingerprint density at radius 1 is 1.29 bits per heavy atom. The maximum atomic E-state index is 12.8. The fourth-order valence-electron chi connectivity index (χ4n) is 3.87. The lowest BCUT2D eigenvalue weighted by Crippen LogP contribution is -2.34. The van der Waals surface area contributed by atoms with Crippen LogP contribution in [0.3, 0.4) is 0 Å². The fourth-order valence-corrected chi connectivity index (χ4v) is 3.87. The van der Waals surface area contributed by atoms with E-state index >= 15 is 0 Å². The summed E-state index contributed by atoms with van der Waals surface area (Å²) < 4.78 is 7.52.